The molecule has 0 aliphatic carbocycles. The van der Waals surface area contributed by atoms with Gasteiger partial charge in [-0.1, -0.05) is 11.6 Å². The molecule has 5 heteroatoms. The van der Waals surface area contributed by atoms with Crippen LogP contribution in [0.3, 0.4) is 0 Å². The Morgan fingerprint density at radius 3 is 2.56 bits per heavy atom. The van der Waals surface area contributed by atoms with Gasteiger partial charge in [0.05, 0.1) is 16.6 Å². The van der Waals surface area contributed by atoms with Crippen molar-refractivity contribution in [3.05, 3.63) is 59.1 Å². The summed E-state index contributed by atoms with van der Waals surface area (Å²) >= 11 is 5.94. The number of rotatable bonds is 3. The van der Waals surface area contributed by atoms with Gasteiger partial charge in [0.2, 0.25) is 0 Å². The number of hydrogen-bond acceptors (Lipinski definition) is 3. The highest BCUT2D eigenvalue weighted by Crippen LogP contribution is 2.16. The maximum absolute atomic E-state index is 12.0. The monoisotopic (exact) mass is 261 g/mol. The Balaban J connectivity index is 2.11. The number of nitrogens with zero attached hydrogens (tertiary/aromatic N) is 2. The van der Waals surface area contributed by atoms with E-state index in [0.717, 1.165) is 5.56 Å². The number of carbonyl (C=O) groups is 1. The molecule has 0 radical (unpaired) electrons. The Labute approximate surface area is 110 Å². The zero-order valence-electron chi connectivity index (χ0n) is 9.80. The van der Waals surface area contributed by atoms with Gasteiger partial charge in [-0.25, -0.2) is 0 Å². The molecule has 0 bridgehead atoms. The van der Waals surface area contributed by atoms with Gasteiger partial charge in [-0.15, -0.1) is 0 Å². The van der Waals surface area contributed by atoms with Crippen LogP contribution in [0.15, 0.2) is 43.0 Å². The molecule has 18 heavy (non-hydrogen) atoms. The largest absolute Gasteiger partial charge is 0.345 e. The van der Waals surface area contributed by atoms with Gasteiger partial charge >= 0.3 is 0 Å². The number of aromatic nitrogens is 2. The van der Waals surface area contributed by atoms with Crippen LogP contribution in [0.25, 0.3) is 0 Å². The first kappa shape index (κ1) is 12.5. The SMILES string of the molecule is CC(NC(=O)c1cnccc1Cl)c1ccncc1. The van der Waals surface area contributed by atoms with Crippen molar-refractivity contribution >= 4 is 17.5 Å². The Morgan fingerprint density at radius 2 is 1.89 bits per heavy atom. The molecule has 0 spiro atoms. The molecule has 92 valence electrons. The van der Waals surface area contributed by atoms with Crippen LogP contribution in [0, 0.1) is 0 Å². The topological polar surface area (TPSA) is 54.9 Å². The van der Waals surface area contributed by atoms with E-state index in [2.05, 4.69) is 15.3 Å². The first-order valence-corrected chi connectivity index (χ1v) is 5.86. The molecule has 2 rings (SSSR count). The third-order valence-corrected chi connectivity index (χ3v) is 2.90. The van der Waals surface area contributed by atoms with Gasteiger partial charge in [-0.2, -0.15) is 0 Å². The molecule has 0 fully saturated rings. The van der Waals surface area contributed by atoms with Crippen LogP contribution in [0.2, 0.25) is 5.02 Å². The van der Waals surface area contributed by atoms with Gasteiger partial charge in [0, 0.05) is 24.8 Å². The number of nitrogens with one attached hydrogen (secondary N) is 1. The smallest absolute Gasteiger partial charge is 0.254 e. The summed E-state index contributed by atoms with van der Waals surface area (Å²) in [6.07, 6.45) is 6.38. The van der Waals surface area contributed by atoms with E-state index >= 15 is 0 Å². The lowest BCUT2D eigenvalue weighted by Crippen LogP contribution is -2.27. The standard InChI is InChI=1S/C13H12ClN3O/c1-9(10-2-5-15-6-3-10)17-13(18)11-8-16-7-4-12(11)14/h2-9H,1H3,(H,17,18). The summed E-state index contributed by atoms with van der Waals surface area (Å²) in [5, 5.41) is 3.26. The van der Waals surface area contributed by atoms with E-state index in [1.165, 1.54) is 6.20 Å². The first-order valence-electron chi connectivity index (χ1n) is 5.49. The summed E-state index contributed by atoms with van der Waals surface area (Å²) in [5.41, 5.74) is 1.36. The Hall–Kier alpha value is -1.94. The van der Waals surface area contributed by atoms with Crippen LogP contribution in [-0.2, 0) is 0 Å². The highest BCUT2D eigenvalue weighted by Gasteiger charge is 2.13. The summed E-state index contributed by atoms with van der Waals surface area (Å²) in [6.45, 7) is 1.90. The Kier molecular flexibility index (Phi) is 3.89. The predicted molar refractivity (Wildman–Crippen MR) is 69.4 cm³/mol. The number of amides is 1. The molecule has 0 aliphatic heterocycles. The summed E-state index contributed by atoms with van der Waals surface area (Å²) in [7, 11) is 0. The van der Waals surface area contributed by atoms with Crippen molar-refractivity contribution in [2.24, 2.45) is 0 Å². The van der Waals surface area contributed by atoms with Crippen molar-refractivity contribution in [3.63, 3.8) is 0 Å². The zero-order valence-corrected chi connectivity index (χ0v) is 10.6. The molecule has 1 amide bonds. The number of halogens is 1. The van der Waals surface area contributed by atoms with Gasteiger partial charge in [0.1, 0.15) is 0 Å². The van der Waals surface area contributed by atoms with Crippen molar-refractivity contribution < 1.29 is 4.79 Å². The molecule has 4 nitrogen and oxygen atoms in total. The lowest BCUT2D eigenvalue weighted by atomic mass is 10.1. The van der Waals surface area contributed by atoms with Crippen LogP contribution in [0.1, 0.15) is 28.9 Å². The van der Waals surface area contributed by atoms with E-state index in [0.29, 0.717) is 10.6 Å². The van der Waals surface area contributed by atoms with Crippen LogP contribution in [0.4, 0.5) is 0 Å². The van der Waals surface area contributed by atoms with E-state index in [1.807, 2.05) is 19.1 Å². The molecular weight excluding hydrogens is 250 g/mol. The molecule has 0 saturated carbocycles. The first-order chi connectivity index (χ1) is 8.68. The average molecular weight is 262 g/mol. The predicted octanol–water partition coefficient (Wildman–Crippen LogP) is 2.62. The maximum Gasteiger partial charge on any atom is 0.254 e. The van der Waals surface area contributed by atoms with Crippen molar-refractivity contribution in [2.75, 3.05) is 0 Å². The second-order valence-electron chi connectivity index (χ2n) is 3.83. The molecule has 2 aromatic heterocycles. The molecule has 1 atom stereocenters. The molecule has 1 unspecified atom stereocenters. The average Bonchev–Trinajstić information content (AvgIpc) is 2.40. The Morgan fingerprint density at radius 1 is 1.22 bits per heavy atom. The van der Waals surface area contributed by atoms with Crippen LogP contribution >= 0.6 is 11.6 Å². The number of pyridine rings is 2. The minimum absolute atomic E-state index is 0.114. The molecule has 0 aliphatic rings. The van der Waals surface area contributed by atoms with Gasteiger partial charge in [-0.05, 0) is 30.7 Å². The van der Waals surface area contributed by atoms with Crippen molar-refractivity contribution in [1.82, 2.24) is 15.3 Å². The van der Waals surface area contributed by atoms with Gasteiger partial charge in [0.25, 0.3) is 5.91 Å². The summed E-state index contributed by atoms with van der Waals surface area (Å²) in [6, 6.07) is 5.19. The zero-order chi connectivity index (χ0) is 13.0. The fourth-order valence-electron chi connectivity index (χ4n) is 1.55. The maximum atomic E-state index is 12.0. The van der Waals surface area contributed by atoms with Crippen molar-refractivity contribution in [3.8, 4) is 0 Å². The fourth-order valence-corrected chi connectivity index (χ4v) is 1.75. The van der Waals surface area contributed by atoms with Crippen LogP contribution < -0.4 is 5.32 Å². The number of hydrogen-bond donors (Lipinski definition) is 1. The molecule has 2 aromatic rings. The Bertz CT molecular complexity index is 545. The lowest BCUT2D eigenvalue weighted by molar-refractivity contribution is 0.0939. The number of carbonyl (C=O) groups excluding carboxylic acids is 1. The van der Waals surface area contributed by atoms with Crippen LogP contribution in [-0.4, -0.2) is 15.9 Å². The third-order valence-electron chi connectivity index (χ3n) is 2.57. The van der Waals surface area contributed by atoms with E-state index in [4.69, 9.17) is 11.6 Å². The summed E-state index contributed by atoms with van der Waals surface area (Å²) in [5.74, 6) is -0.239. The summed E-state index contributed by atoms with van der Waals surface area (Å²) < 4.78 is 0. The highest BCUT2D eigenvalue weighted by molar-refractivity contribution is 6.33. The van der Waals surface area contributed by atoms with E-state index in [1.54, 1.807) is 24.7 Å². The van der Waals surface area contributed by atoms with Gasteiger partial charge < -0.3 is 5.32 Å². The molecule has 2 heterocycles. The van der Waals surface area contributed by atoms with Crippen LogP contribution in [0.5, 0.6) is 0 Å². The molecule has 1 N–H and O–H groups in total. The lowest BCUT2D eigenvalue weighted by Gasteiger charge is -2.14. The summed E-state index contributed by atoms with van der Waals surface area (Å²) in [4.78, 5) is 19.8. The van der Waals surface area contributed by atoms with E-state index in [9.17, 15) is 4.79 Å². The highest BCUT2D eigenvalue weighted by atomic mass is 35.5. The molecule has 0 saturated heterocycles. The third kappa shape index (κ3) is 2.84. The molecule has 0 aromatic carbocycles. The van der Waals surface area contributed by atoms with E-state index < -0.39 is 0 Å². The second kappa shape index (κ2) is 5.60. The molecular formula is C13H12ClN3O. The second-order valence-corrected chi connectivity index (χ2v) is 4.24. The minimum atomic E-state index is -0.239. The van der Waals surface area contributed by atoms with Gasteiger partial charge in [-0.3, -0.25) is 14.8 Å². The fraction of sp³-hybridized carbons (Fsp3) is 0.154. The minimum Gasteiger partial charge on any atom is -0.345 e. The van der Waals surface area contributed by atoms with Gasteiger partial charge in [0.15, 0.2) is 0 Å². The quantitative estimate of drug-likeness (QED) is 0.924. The normalized spacial score (nSPS) is 11.9. The van der Waals surface area contributed by atoms with Crippen molar-refractivity contribution in [1.29, 1.82) is 0 Å². The van der Waals surface area contributed by atoms with Crippen molar-refractivity contribution in [2.45, 2.75) is 13.0 Å². The van der Waals surface area contributed by atoms with E-state index in [-0.39, 0.29) is 11.9 Å².